The van der Waals surface area contributed by atoms with E-state index in [0.717, 1.165) is 31.2 Å². The molecule has 1 amide bonds. The number of nitrogens with one attached hydrogen (secondary N) is 1. The first kappa shape index (κ1) is 20.9. The quantitative estimate of drug-likeness (QED) is 0.606. The zero-order valence-electron chi connectivity index (χ0n) is 16.7. The number of hydrogen-bond acceptors (Lipinski definition) is 4. The van der Waals surface area contributed by atoms with Crippen LogP contribution >= 0.6 is 22.9 Å². The molecule has 1 heterocycles. The molecule has 0 saturated carbocycles. The standard InChI is InChI=1S/C22H26ClNO3S/c1-5-22(2,3)14-8-11-16-17(12-14)28-20(18(16)21(26)27-4)24-19(25)13-6-9-15(23)10-7-13/h6-7,9-10,14H,5,8,11-12H2,1-4H3,(H,24,25). The molecule has 150 valence electrons. The number of halogens is 1. The Kier molecular flexibility index (Phi) is 6.15. The van der Waals surface area contributed by atoms with Crippen LogP contribution in [-0.4, -0.2) is 19.0 Å². The third-order valence-corrected chi connectivity index (χ3v) is 7.43. The van der Waals surface area contributed by atoms with Crippen molar-refractivity contribution in [3.05, 3.63) is 50.9 Å². The van der Waals surface area contributed by atoms with E-state index in [1.54, 1.807) is 24.3 Å². The van der Waals surface area contributed by atoms with Gasteiger partial charge in [-0.1, -0.05) is 38.8 Å². The van der Waals surface area contributed by atoms with Crippen LogP contribution in [0.3, 0.4) is 0 Å². The molecule has 6 heteroatoms. The number of ether oxygens (including phenoxy) is 1. The van der Waals surface area contributed by atoms with E-state index in [2.05, 4.69) is 26.1 Å². The van der Waals surface area contributed by atoms with Crippen molar-refractivity contribution in [2.45, 2.75) is 46.5 Å². The summed E-state index contributed by atoms with van der Waals surface area (Å²) in [5.41, 5.74) is 2.29. The van der Waals surface area contributed by atoms with Crippen LogP contribution in [0, 0.1) is 11.3 Å². The molecule has 1 atom stereocenters. The number of rotatable bonds is 5. The van der Waals surface area contributed by atoms with E-state index < -0.39 is 5.97 Å². The molecule has 1 aliphatic carbocycles. The van der Waals surface area contributed by atoms with Crippen LogP contribution in [0.25, 0.3) is 0 Å². The predicted molar refractivity (Wildman–Crippen MR) is 115 cm³/mol. The molecule has 1 unspecified atom stereocenters. The van der Waals surface area contributed by atoms with Gasteiger partial charge in [0.15, 0.2) is 0 Å². The summed E-state index contributed by atoms with van der Waals surface area (Å²) in [6, 6.07) is 6.69. The Labute approximate surface area is 175 Å². The minimum absolute atomic E-state index is 0.250. The summed E-state index contributed by atoms with van der Waals surface area (Å²) in [6.07, 6.45) is 3.92. The van der Waals surface area contributed by atoms with Gasteiger partial charge in [0.25, 0.3) is 5.91 Å². The van der Waals surface area contributed by atoms with Gasteiger partial charge in [0.1, 0.15) is 5.00 Å². The van der Waals surface area contributed by atoms with E-state index in [1.807, 2.05) is 0 Å². The van der Waals surface area contributed by atoms with Crippen LogP contribution in [0.1, 0.15) is 64.8 Å². The molecule has 0 spiro atoms. The second kappa shape index (κ2) is 8.26. The fourth-order valence-electron chi connectivity index (χ4n) is 3.72. The first-order chi connectivity index (χ1) is 13.3. The number of carbonyl (C=O) groups excluding carboxylic acids is 2. The second-order valence-corrected chi connectivity index (χ2v) is 9.48. The molecule has 1 aromatic heterocycles. The predicted octanol–water partition coefficient (Wildman–Crippen LogP) is 5.98. The van der Waals surface area contributed by atoms with Crippen LogP contribution in [-0.2, 0) is 17.6 Å². The van der Waals surface area contributed by atoms with Gasteiger partial charge in [0, 0.05) is 15.5 Å². The van der Waals surface area contributed by atoms with Crippen LogP contribution in [0.15, 0.2) is 24.3 Å². The third kappa shape index (κ3) is 4.11. The van der Waals surface area contributed by atoms with Crippen molar-refractivity contribution in [2.75, 3.05) is 12.4 Å². The normalized spacial score (nSPS) is 16.4. The largest absolute Gasteiger partial charge is 0.465 e. The molecule has 28 heavy (non-hydrogen) atoms. The number of benzene rings is 1. The highest BCUT2D eigenvalue weighted by Gasteiger charge is 2.35. The lowest BCUT2D eigenvalue weighted by Gasteiger charge is -2.36. The molecule has 0 aliphatic heterocycles. The number of hydrogen-bond donors (Lipinski definition) is 1. The monoisotopic (exact) mass is 419 g/mol. The van der Waals surface area contributed by atoms with E-state index >= 15 is 0 Å². The molecule has 1 N–H and O–H groups in total. The average molecular weight is 420 g/mol. The van der Waals surface area contributed by atoms with Gasteiger partial charge in [0.2, 0.25) is 0 Å². The number of amides is 1. The molecule has 3 rings (SSSR count). The van der Waals surface area contributed by atoms with E-state index in [0.29, 0.717) is 27.1 Å². The lowest BCUT2D eigenvalue weighted by Crippen LogP contribution is -2.28. The summed E-state index contributed by atoms with van der Waals surface area (Å²) in [7, 11) is 1.38. The number of esters is 1. The zero-order chi connectivity index (χ0) is 20.5. The fraction of sp³-hybridized carbons (Fsp3) is 0.455. The third-order valence-electron chi connectivity index (χ3n) is 6.00. The minimum Gasteiger partial charge on any atom is -0.465 e. The first-order valence-electron chi connectivity index (χ1n) is 9.56. The van der Waals surface area contributed by atoms with Gasteiger partial charge in [-0.2, -0.15) is 0 Å². The molecule has 4 nitrogen and oxygen atoms in total. The molecule has 0 radical (unpaired) electrons. The molecule has 1 aromatic carbocycles. The van der Waals surface area contributed by atoms with Gasteiger partial charge in [0.05, 0.1) is 12.7 Å². The fourth-order valence-corrected chi connectivity index (χ4v) is 5.16. The van der Waals surface area contributed by atoms with Crippen LogP contribution in [0.4, 0.5) is 5.00 Å². The van der Waals surface area contributed by atoms with Crippen molar-refractivity contribution in [2.24, 2.45) is 11.3 Å². The van der Waals surface area contributed by atoms with Crippen molar-refractivity contribution < 1.29 is 14.3 Å². The van der Waals surface area contributed by atoms with E-state index in [4.69, 9.17) is 16.3 Å². The van der Waals surface area contributed by atoms with E-state index in [-0.39, 0.29) is 11.3 Å². The summed E-state index contributed by atoms with van der Waals surface area (Å²) in [5, 5.41) is 4.07. The summed E-state index contributed by atoms with van der Waals surface area (Å²) >= 11 is 7.41. The van der Waals surface area contributed by atoms with Gasteiger partial charge in [-0.05, 0) is 60.4 Å². The van der Waals surface area contributed by atoms with Gasteiger partial charge in [-0.3, -0.25) is 4.79 Å². The van der Waals surface area contributed by atoms with Gasteiger partial charge in [-0.15, -0.1) is 11.3 Å². The highest BCUT2D eigenvalue weighted by molar-refractivity contribution is 7.17. The number of methoxy groups -OCH3 is 1. The first-order valence-corrected chi connectivity index (χ1v) is 10.8. The number of thiophene rings is 1. The van der Waals surface area contributed by atoms with Crippen molar-refractivity contribution in [1.29, 1.82) is 0 Å². The molecule has 2 aromatic rings. The van der Waals surface area contributed by atoms with Gasteiger partial charge < -0.3 is 10.1 Å². The highest BCUT2D eigenvalue weighted by atomic mass is 35.5. The Bertz CT molecular complexity index is 886. The molecule has 0 saturated heterocycles. The maximum absolute atomic E-state index is 12.7. The number of fused-ring (bicyclic) bond motifs is 1. The van der Waals surface area contributed by atoms with Crippen molar-refractivity contribution in [1.82, 2.24) is 0 Å². The lowest BCUT2D eigenvalue weighted by atomic mass is 9.69. The molecule has 0 bridgehead atoms. The van der Waals surface area contributed by atoms with Crippen LogP contribution in [0.2, 0.25) is 5.02 Å². The zero-order valence-corrected chi connectivity index (χ0v) is 18.3. The maximum Gasteiger partial charge on any atom is 0.341 e. The van der Waals surface area contributed by atoms with Crippen LogP contribution in [0.5, 0.6) is 0 Å². The summed E-state index contributed by atoms with van der Waals surface area (Å²) in [4.78, 5) is 26.3. The minimum atomic E-state index is -0.392. The Morgan fingerprint density at radius 3 is 2.57 bits per heavy atom. The molecular formula is C22H26ClNO3S. The second-order valence-electron chi connectivity index (χ2n) is 7.94. The van der Waals surface area contributed by atoms with Crippen molar-refractivity contribution in [3.8, 4) is 0 Å². The van der Waals surface area contributed by atoms with Gasteiger partial charge in [-0.25, -0.2) is 4.79 Å². The molecule has 0 fully saturated rings. The average Bonchev–Trinajstić information content (AvgIpc) is 3.04. The SMILES string of the molecule is CCC(C)(C)C1CCc2c(sc(NC(=O)c3ccc(Cl)cc3)c2C(=O)OC)C1. The Hall–Kier alpha value is -1.85. The number of carbonyl (C=O) groups is 2. The summed E-state index contributed by atoms with van der Waals surface area (Å²) in [6.45, 7) is 6.84. The van der Waals surface area contributed by atoms with Crippen molar-refractivity contribution >= 4 is 39.8 Å². The topological polar surface area (TPSA) is 55.4 Å². The Morgan fingerprint density at radius 2 is 1.96 bits per heavy atom. The molecule has 1 aliphatic rings. The van der Waals surface area contributed by atoms with E-state index in [1.165, 1.54) is 23.3 Å². The van der Waals surface area contributed by atoms with E-state index in [9.17, 15) is 9.59 Å². The maximum atomic E-state index is 12.7. The molecular weight excluding hydrogens is 394 g/mol. The number of anilines is 1. The smallest absolute Gasteiger partial charge is 0.341 e. The van der Waals surface area contributed by atoms with Gasteiger partial charge >= 0.3 is 5.97 Å². The van der Waals surface area contributed by atoms with Crippen molar-refractivity contribution in [3.63, 3.8) is 0 Å². The highest BCUT2D eigenvalue weighted by Crippen LogP contribution is 2.45. The van der Waals surface area contributed by atoms with Crippen LogP contribution < -0.4 is 5.32 Å². The Balaban J connectivity index is 1.92. The Morgan fingerprint density at radius 1 is 1.29 bits per heavy atom. The summed E-state index contributed by atoms with van der Waals surface area (Å²) < 4.78 is 5.02. The lowest BCUT2D eigenvalue weighted by molar-refractivity contribution is 0.0600. The summed E-state index contributed by atoms with van der Waals surface area (Å²) in [5.74, 6) is -0.0862.